The lowest BCUT2D eigenvalue weighted by Gasteiger charge is -2.16. The van der Waals surface area contributed by atoms with Crippen LogP contribution in [0.15, 0.2) is 45.9 Å². The third kappa shape index (κ3) is 4.63. The molecule has 9 heteroatoms. The fraction of sp³-hybridized carbons (Fsp3) is 0.353. The molecule has 0 unspecified atom stereocenters. The van der Waals surface area contributed by atoms with Crippen molar-refractivity contribution in [2.45, 2.75) is 17.9 Å². The number of hydrogen-bond donors (Lipinski definition) is 2. The van der Waals surface area contributed by atoms with Crippen LogP contribution in [0.3, 0.4) is 0 Å². The number of sulfonamides is 1. The smallest absolute Gasteiger partial charge is 0.279 e. The molecule has 8 nitrogen and oxygen atoms in total. The number of carbonyl (C=O) groups excluding carboxylic acids is 1. The van der Waals surface area contributed by atoms with Gasteiger partial charge >= 0.3 is 0 Å². The number of amides is 1. The van der Waals surface area contributed by atoms with Crippen LogP contribution in [0.2, 0.25) is 0 Å². The van der Waals surface area contributed by atoms with E-state index in [1.54, 1.807) is 18.4 Å². The molecule has 3 N–H and O–H groups in total. The number of nitrogens with two attached hydrogens (primary N) is 1. The largest absolute Gasteiger partial charge is 0.495 e. The number of methoxy groups -OCH3 is 1. The minimum absolute atomic E-state index is 0.00343. The molecule has 2 aromatic rings. The Bertz CT molecular complexity index is 847. The Balaban J connectivity index is 2.08. The summed E-state index contributed by atoms with van der Waals surface area (Å²) < 4.78 is 36.3. The van der Waals surface area contributed by atoms with E-state index < -0.39 is 10.0 Å². The fourth-order valence-electron chi connectivity index (χ4n) is 2.32. The van der Waals surface area contributed by atoms with Crippen LogP contribution >= 0.6 is 0 Å². The SMILES string of the molecule is COc1ccc(NC(=O)C[NH2+][C@@H](C)c2ccco2)cc1S(=O)(=O)N(C)C. The molecule has 0 aliphatic heterocycles. The lowest BCUT2D eigenvalue weighted by molar-refractivity contribution is -0.684. The van der Waals surface area contributed by atoms with Gasteiger partial charge in [-0.25, -0.2) is 12.7 Å². The van der Waals surface area contributed by atoms with E-state index in [4.69, 9.17) is 9.15 Å². The van der Waals surface area contributed by atoms with Crippen molar-refractivity contribution in [1.82, 2.24) is 4.31 Å². The van der Waals surface area contributed by atoms with E-state index in [-0.39, 0.29) is 29.1 Å². The van der Waals surface area contributed by atoms with Gasteiger partial charge in [-0.2, -0.15) is 0 Å². The quantitative estimate of drug-likeness (QED) is 0.703. The lowest BCUT2D eigenvalue weighted by atomic mass is 10.2. The molecule has 2 rings (SSSR count). The molecule has 0 fully saturated rings. The number of nitrogens with one attached hydrogen (secondary N) is 1. The summed E-state index contributed by atoms with van der Waals surface area (Å²) in [6.45, 7) is 2.10. The minimum Gasteiger partial charge on any atom is -0.495 e. The predicted molar refractivity (Wildman–Crippen MR) is 96.4 cm³/mol. The van der Waals surface area contributed by atoms with Gasteiger partial charge in [0.25, 0.3) is 5.91 Å². The van der Waals surface area contributed by atoms with Crippen molar-refractivity contribution in [2.75, 3.05) is 33.1 Å². The highest BCUT2D eigenvalue weighted by Crippen LogP contribution is 2.28. The van der Waals surface area contributed by atoms with Crippen LogP contribution in [0.1, 0.15) is 18.7 Å². The van der Waals surface area contributed by atoms with Gasteiger partial charge in [0, 0.05) is 19.8 Å². The Morgan fingerprint density at radius 3 is 2.65 bits per heavy atom. The Kier molecular flexibility index (Phi) is 6.41. The molecular formula is C17H24N3O5S+. The second kappa shape index (κ2) is 8.35. The molecule has 1 atom stereocenters. The Morgan fingerprint density at radius 2 is 2.08 bits per heavy atom. The third-order valence-electron chi connectivity index (χ3n) is 3.85. The van der Waals surface area contributed by atoms with Gasteiger partial charge in [-0.05, 0) is 37.3 Å². The van der Waals surface area contributed by atoms with Crippen LogP contribution in [0.4, 0.5) is 5.69 Å². The number of carbonyl (C=O) groups is 1. The van der Waals surface area contributed by atoms with Crippen molar-refractivity contribution < 1.29 is 27.7 Å². The molecule has 142 valence electrons. The zero-order valence-electron chi connectivity index (χ0n) is 15.2. The van der Waals surface area contributed by atoms with Gasteiger partial charge in [-0.1, -0.05) is 0 Å². The second-order valence-corrected chi connectivity index (χ2v) is 8.07. The van der Waals surface area contributed by atoms with Gasteiger partial charge in [0.1, 0.15) is 16.7 Å². The predicted octanol–water partition coefficient (Wildman–Crippen LogP) is 0.802. The van der Waals surface area contributed by atoms with Crippen molar-refractivity contribution in [3.8, 4) is 5.75 Å². The number of rotatable bonds is 8. The molecule has 0 saturated carbocycles. The average molecular weight is 382 g/mol. The first-order valence-corrected chi connectivity index (χ1v) is 9.47. The summed E-state index contributed by atoms with van der Waals surface area (Å²) in [5.74, 6) is 0.748. The molecule has 0 saturated heterocycles. The van der Waals surface area contributed by atoms with Crippen LogP contribution in [-0.4, -0.2) is 46.4 Å². The van der Waals surface area contributed by atoms with E-state index in [1.807, 2.05) is 18.3 Å². The number of nitrogens with zero attached hydrogens (tertiary/aromatic N) is 1. The summed E-state index contributed by atoms with van der Waals surface area (Å²) in [7, 11) is 0.571. The highest BCUT2D eigenvalue weighted by molar-refractivity contribution is 7.89. The summed E-state index contributed by atoms with van der Waals surface area (Å²) in [6.07, 6.45) is 1.59. The molecule has 0 spiro atoms. The van der Waals surface area contributed by atoms with E-state index in [1.165, 1.54) is 33.3 Å². The van der Waals surface area contributed by atoms with Crippen molar-refractivity contribution in [1.29, 1.82) is 0 Å². The zero-order valence-corrected chi connectivity index (χ0v) is 16.0. The number of quaternary nitrogens is 1. The topological polar surface area (TPSA) is 105 Å². The van der Waals surface area contributed by atoms with E-state index >= 15 is 0 Å². The highest BCUT2D eigenvalue weighted by Gasteiger charge is 2.23. The summed E-state index contributed by atoms with van der Waals surface area (Å²) in [6, 6.07) is 8.14. The monoisotopic (exact) mass is 382 g/mol. The lowest BCUT2D eigenvalue weighted by Crippen LogP contribution is -2.86. The van der Waals surface area contributed by atoms with E-state index in [9.17, 15) is 13.2 Å². The van der Waals surface area contributed by atoms with Crippen molar-refractivity contribution >= 4 is 21.6 Å². The minimum atomic E-state index is -3.70. The Hall–Kier alpha value is -2.36. The molecule has 0 aliphatic rings. The molecule has 1 amide bonds. The van der Waals surface area contributed by atoms with Crippen LogP contribution in [0.5, 0.6) is 5.75 Å². The zero-order chi connectivity index (χ0) is 19.3. The maximum absolute atomic E-state index is 12.4. The van der Waals surface area contributed by atoms with Crippen LogP contribution in [0.25, 0.3) is 0 Å². The average Bonchev–Trinajstić information content (AvgIpc) is 3.14. The number of hydrogen-bond acceptors (Lipinski definition) is 5. The van der Waals surface area contributed by atoms with Gasteiger partial charge in [0.2, 0.25) is 10.0 Å². The molecule has 1 heterocycles. The van der Waals surface area contributed by atoms with E-state index in [0.29, 0.717) is 5.69 Å². The summed E-state index contributed by atoms with van der Waals surface area (Å²) in [5, 5.41) is 4.53. The highest BCUT2D eigenvalue weighted by atomic mass is 32.2. The second-order valence-electron chi connectivity index (χ2n) is 5.95. The molecule has 1 aromatic carbocycles. The van der Waals surface area contributed by atoms with E-state index in [2.05, 4.69) is 5.32 Å². The number of anilines is 1. The summed E-state index contributed by atoms with van der Waals surface area (Å²) in [5.41, 5.74) is 0.385. The van der Waals surface area contributed by atoms with Gasteiger partial charge in [0.05, 0.1) is 13.4 Å². The third-order valence-corrected chi connectivity index (χ3v) is 5.69. The fourth-order valence-corrected chi connectivity index (χ4v) is 3.39. The van der Waals surface area contributed by atoms with Gasteiger partial charge < -0.3 is 19.8 Å². The van der Waals surface area contributed by atoms with Crippen molar-refractivity contribution in [3.05, 3.63) is 42.4 Å². The van der Waals surface area contributed by atoms with E-state index in [0.717, 1.165) is 10.1 Å². The molecular weight excluding hydrogens is 358 g/mol. The van der Waals surface area contributed by atoms with Gasteiger partial charge in [-0.3, -0.25) is 4.79 Å². The maximum Gasteiger partial charge on any atom is 0.279 e. The maximum atomic E-state index is 12.4. The molecule has 1 aromatic heterocycles. The van der Waals surface area contributed by atoms with Gasteiger partial charge in [-0.15, -0.1) is 0 Å². The first-order valence-electron chi connectivity index (χ1n) is 8.03. The molecule has 26 heavy (non-hydrogen) atoms. The standard InChI is InChI=1S/C17H23N3O5S/c1-12(14-6-5-9-25-14)18-11-17(21)19-13-7-8-15(24-4)16(10-13)26(22,23)20(2)3/h5-10,12,18H,11H2,1-4H3,(H,19,21)/p+1/t12-/m0/s1. The first-order chi connectivity index (χ1) is 12.3. The summed E-state index contributed by atoms with van der Waals surface area (Å²) >= 11 is 0. The molecule has 0 radical (unpaired) electrons. The molecule has 0 aliphatic carbocycles. The number of ether oxygens (including phenoxy) is 1. The molecule has 0 bridgehead atoms. The van der Waals surface area contributed by atoms with Crippen LogP contribution < -0.4 is 15.4 Å². The van der Waals surface area contributed by atoms with Crippen LogP contribution in [-0.2, 0) is 14.8 Å². The first kappa shape index (κ1) is 20.0. The summed E-state index contributed by atoms with van der Waals surface area (Å²) in [4.78, 5) is 12.2. The number of furan rings is 1. The normalized spacial score (nSPS) is 12.8. The Morgan fingerprint density at radius 1 is 1.35 bits per heavy atom. The number of benzene rings is 1. The van der Waals surface area contributed by atoms with Crippen molar-refractivity contribution in [3.63, 3.8) is 0 Å². The van der Waals surface area contributed by atoms with Crippen LogP contribution in [0, 0.1) is 0 Å². The van der Waals surface area contributed by atoms with Crippen molar-refractivity contribution in [2.24, 2.45) is 0 Å². The Labute approximate surface area is 153 Å². The van der Waals surface area contributed by atoms with Gasteiger partial charge in [0.15, 0.2) is 12.3 Å².